The van der Waals surface area contributed by atoms with Crippen molar-refractivity contribution in [3.63, 3.8) is 0 Å². The van der Waals surface area contributed by atoms with E-state index in [0.717, 1.165) is 37.9 Å². The Morgan fingerprint density at radius 2 is 1.70 bits per heavy atom. The quantitative estimate of drug-likeness (QED) is 0.174. The molecule has 10 nitrogen and oxygen atoms in total. The number of hydrogen-bond acceptors (Lipinski definition) is 9. The molecule has 5 aromatic rings. The first kappa shape index (κ1) is 36.5. The third-order valence-electron chi connectivity index (χ3n) is 8.43. The van der Waals surface area contributed by atoms with Gasteiger partial charge < -0.3 is 23.9 Å². The minimum absolute atomic E-state index is 0.0615. The summed E-state index contributed by atoms with van der Waals surface area (Å²) >= 11 is 0. The van der Waals surface area contributed by atoms with Crippen LogP contribution in [-0.4, -0.2) is 51.6 Å². The van der Waals surface area contributed by atoms with E-state index >= 15 is 0 Å². The lowest BCUT2D eigenvalue weighted by atomic mass is 10.00. The number of carbonyl (C=O) groups is 1. The fraction of sp³-hybridized carbons (Fsp3) is 0.432. The molecule has 0 radical (unpaired) electrons. The van der Waals surface area contributed by atoms with E-state index in [2.05, 4.69) is 34.1 Å². The van der Waals surface area contributed by atoms with Crippen molar-refractivity contribution in [2.24, 2.45) is 0 Å². The van der Waals surface area contributed by atoms with Crippen LogP contribution in [-0.2, 0) is 10.9 Å². The van der Waals surface area contributed by atoms with Crippen LogP contribution in [0.3, 0.4) is 0 Å². The van der Waals surface area contributed by atoms with Crippen molar-refractivity contribution in [1.82, 2.24) is 19.5 Å². The summed E-state index contributed by atoms with van der Waals surface area (Å²) in [6.45, 7) is 11.8. The number of nitrogens with zero attached hydrogens (tertiary/aromatic N) is 5. The smallest absolute Gasteiger partial charge is 0.417 e. The number of nitrogens with one attached hydrogen (secondary N) is 1. The van der Waals surface area contributed by atoms with Crippen molar-refractivity contribution in [2.45, 2.75) is 78.9 Å². The molecule has 1 saturated heterocycles. The third-order valence-corrected chi connectivity index (χ3v) is 8.43. The SMILES string of the molecule is CC.CC(=O)c1cc2cnc(Nc3cc(C(F)(F)F)c(-c4ccc5c(=O)cc(N6CCOCC6)oc5c4)cn3)nc2n1C1CCCC1.CCC. The summed E-state index contributed by atoms with van der Waals surface area (Å²) in [5.74, 6) is 0.212. The molecule has 0 bridgehead atoms. The van der Waals surface area contributed by atoms with Gasteiger partial charge in [0, 0.05) is 55.5 Å². The summed E-state index contributed by atoms with van der Waals surface area (Å²) in [6, 6.07) is 8.52. The highest BCUT2D eigenvalue weighted by molar-refractivity contribution is 5.98. The van der Waals surface area contributed by atoms with Crippen LogP contribution in [0.25, 0.3) is 33.1 Å². The van der Waals surface area contributed by atoms with Gasteiger partial charge >= 0.3 is 6.18 Å². The van der Waals surface area contributed by atoms with Crippen molar-refractivity contribution in [1.29, 1.82) is 0 Å². The Labute approximate surface area is 288 Å². The van der Waals surface area contributed by atoms with Crippen LogP contribution in [0.5, 0.6) is 0 Å². The van der Waals surface area contributed by atoms with Gasteiger partial charge in [0.05, 0.1) is 29.9 Å². The van der Waals surface area contributed by atoms with Crippen molar-refractivity contribution in [2.75, 3.05) is 36.5 Å². The molecule has 0 amide bonds. The second-order valence-electron chi connectivity index (χ2n) is 12.1. The molecule has 4 aromatic heterocycles. The van der Waals surface area contributed by atoms with Crippen molar-refractivity contribution in [3.8, 4) is 11.1 Å². The van der Waals surface area contributed by atoms with Gasteiger partial charge in [-0.25, -0.2) is 9.97 Å². The molecule has 1 saturated carbocycles. The first-order valence-corrected chi connectivity index (χ1v) is 17.2. The Hall–Kier alpha value is -4.78. The number of fused-ring (bicyclic) bond motifs is 2. The molecule has 1 N–H and O–H groups in total. The molecule has 0 unspecified atom stereocenters. The lowest BCUT2D eigenvalue weighted by Crippen LogP contribution is -2.36. The van der Waals surface area contributed by atoms with E-state index in [1.807, 2.05) is 23.3 Å². The first-order valence-electron chi connectivity index (χ1n) is 17.2. The van der Waals surface area contributed by atoms with Gasteiger partial charge in [-0.05, 0) is 42.7 Å². The maximum atomic E-state index is 14.4. The summed E-state index contributed by atoms with van der Waals surface area (Å²) in [5, 5.41) is 3.76. The number of benzene rings is 1. The van der Waals surface area contributed by atoms with E-state index in [-0.39, 0.29) is 51.1 Å². The number of pyridine rings is 1. The van der Waals surface area contributed by atoms with Crippen molar-refractivity contribution in [3.05, 3.63) is 70.3 Å². The highest BCUT2D eigenvalue weighted by Gasteiger charge is 2.35. The molecule has 50 heavy (non-hydrogen) atoms. The van der Waals surface area contributed by atoms with Gasteiger partial charge in [-0.1, -0.05) is 53.0 Å². The molecule has 5 heterocycles. The van der Waals surface area contributed by atoms with Crippen LogP contribution in [0.2, 0.25) is 0 Å². The molecule has 0 atom stereocenters. The molecule has 0 spiro atoms. The standard InChI is InChI=1S/C32H29F3N6O4.C3H8.C2H6/c1-18(42)25-12-20-16-37-31(39-30(20)41(25)21-4-2-3-5-21)38-28-14-24(32(33,34)35)23(17-36-28)19-6-7-22-26(43)15-29(45-27(22)13-19)40-8-10-44-11-9-40;1-3-2;1-2/h6-7,12-17,21H,2-5,8-11H2,1H3,(H,36,37,38,39);3H2,1-2H3;1-2H3. The van der Waals surface area contributed by atoms with Gasteiger partial charge in [0.25, 0.3) is 0 Å². The zero-order chi connectivity index (χ0) is 36.0. The number of aromatic nitrogens is 4. The number of Topliss-reactive ketones (excluding diaryl/α,β-unsaturated/α-hetero) is 1. The Balaban J connectivity index is 0.000000924. The zero-order valence-electron chi connectivity index (χ0n) is 29.1. The van der Waals surface area contributed by atoms with Gasteiger partial charge in [0.2, 0.25) is 5.95 Å². The number of rotatable bonds is 6. The minimum Gasteiger partial charge on any atom is -0.440 e. The lowest BCUT2D eigenvalue weighted by molar-refractivity contribution is -0.137. The first-order chi connectivity index (χ1) is 24.1. The summed E-state index contributed by atoms with van der Waals surface area (Å²) in [4.78, 5) is 40.2. The van der Waals surface area contributed by atoms with Gasteiger partial charge in [-0.2, -0.15) is 18.2 Å². The van der Waals surface area contributed by atoms with Crippen LogP contribution in [0, 0.1) is 0 Å². The normalized spacial score (nSPS) is 15.0. The number of halogens is 3. The molecule has 7 rings (SSSR count). The number of anilines is 3. The lowest BCUT2D eigenvalue weighted by Gasteiger charge is -2.27. The van der Waals surface area contributed by atoms with E-state index in [1.54, 1.807) is 12.3 Å². The Morgan fingerprint density at radius 1 is 1.00 bits per heavy atom. The molecular weight excluding hydrogens is 649 g/mol. The van der Waals surface area contributed by atoms with Crippen LogP contribution in [0.15, 0.2) is 58.0 Å². The number of morpholine rings is 1. The number of hydrogen-bond donors (Lipinski definition) is 1. The van der Waals surface area contributed by atoms with Crippen molar-refractivity contribution >= 4 is 45.4 Å². The monoisotopic (exact) mass is 692 g/mol. The summed E-state index contributed by atoms with van der Waals surface area (Å²) in [7, 11) is 0. The fourth-order valence-electron chi connectivity index (χ4n) is 6.22. The molecule has 1 aliphatic heterocycles. The van der Waals surface area contributed by atoms with Crippen LogP contribution >= 0.6 is 0 Å². The molecular formula is C37H43F3N6O4. The Bertz CT molecular complexity index is 2010. The molecule has 1 aliphatic carbocycles. The maximum Gasteiger partial charge on any atom is 0.417 e. The summed E-state index contributed by atoms with van der Waals surface area (Å²) in [6.07, 6.45) is 3.14. The topological polar surface area (TPSA) is 115 Å². The number of alkyl halides is 3. The summed E-state index contributed by atoms with van der Waals surface area (Å²) in [5.41, 5.74) is 0.0604. The number of carbonyl (C=O) groups excluding carboxylic acids is 1. The summed E-state index contributed by atoms with van der Waals surface area (Å²) < 4.78 is 56.6. The maximum absolute atomic E-state index is 14.4. The van der Waals surface area contributed by atoms with Gasteiger partial charge in [0.1, 0.15) is 17.0 Å². The average molecular weight is 693 g/mol. The number of ether oxygens (including phenoxy) is 1. The van der Waals surface area contributed by atoms with Crippen molar-refractivity contribution < 1.29 is 27.1 Å². The third kappa shape index (κ3) is 7.83. The van der Waals surface area contributed by atoms with E-state index in [4.69, 9.17) is 9.15 Å². The highest BCUT2D eigenvalue weighted by atomic mass is 19.4. The van der Waals surface area contributed by atoms with E-state index < -0.39 is 11.7 Å². The Kier molecular flexibility index (Phi) is 11.6. The Morgan fingerprint density at radius 3 is 2.36 bits per heavy atom. The van der Waals surface area contributed by atoms with Gasteiger partial charge in [-0.3, -0.25) is 9.59 Å². The second kappa shape index (κ2) is 15.8. The van der Waals surface area contributed by atoms with E-state index in [9.17, 15) is 22.8 Å². The van der Waals surface area contributed by atoms with Crippen LogP contribution < -0.4 is 15.6 Å². The average Bonchev–Trinajstić information content (AvgIpc) is 3.77. The molecule has 2 aliphatic rings. The molecule has 2 fully saturated rings. The van der Waals surface area contributed by atoms with Gasteiger partial charge in [-0.15, -0.1) is 0 Å². The minimum atomic E-state index is -4.72. The molecule has 266 valence electrons. The fourth-order valence-corrected chi connectivity index (χ4v) is 6.22. The predicted molar refractivity (Wildman–Crippen MR) is 189 cm³/mol. The van der Waals surface area contributed by atoms with Crippen LogP contribution in [0.4, 0.5) is 30.8 Å². The number of ketones is 1. The zero-order valence-corrected chi connectivity index (χ0v) is 29.1. The highest BCUT2D eigenvalue weighted by Crippen LogP contribution is 2.39. The van der Waals surface area contributed by atoms with Crippen LogP contribution in [0.1, 0.15) is 88.8 Å². The molecule has 13 heteroatoms. The van der Waals surface area contributed by atoms with E-state index in [1.165, 1.54) is 37.6 Å². The molecule has 1 aromatic carbocycles. The second-order valence-corrected chi connectivity index (χ2v) is 12.1. The predicted octanol–water partition coefficient (Wildman–Crippen LogP) is 8.96. The largest absolute Gasteiger partial charge is 0.440 e. The van der Waals surface area contributed by atoms with Gasteiger partial charge in [0.15, 0.2) is 17.1 Å². The van der Waals surface area contributed by atoms with E-state index in [0.29, 0.717) is 48.9 Å².